The highest BCUT2D eigenvalue weighted by Crippen LogP contribution is 2.35. The number of aromatic nitrogens is 3. The number of aromatic amines is 1. The Hall–Kier alpha value is -3.36. The number of benzene rings is 2. The molecule has 1 saturated heterocycles. The third-order valence-electron chi connectivity index (χ3n) is 5.89. The van der Waals surface area contributed by atoms with Gasteiger partial charge in [-0.2, -0.15) is 4.98 Å². The molecular weight excluding hydrogens is 420 g/mol. The van der Waals surface area contributed by atoms with Crippen LogP contribution in [-0.2, 0) is 6.54 Å². The third kappa shape index (κ3) is 4.31. The zero-order valence-corrected chi connectivity index (χ0v) is 18.9. The van der Waals surface area contributed by atoms with Crippen LogP contribution in [0.25, 0.3) is 33.7 Å². The van der Waals surface area contributed by atoms with Gasteiger partial charge in [0, 0.05) is 47.9 Å². The molecule has 0 unspecified atom stereocenters. The molecule has 172 valence electrons. The van der Waals surface area contributed by atoms with Gasteiger partial charge in [-0.25, -0.2) is 0 Å². The summed E-state index contributed by atoms with van der Waals surface area (Å²) >= 11 is 0. The Morgan fingerprint density at radius 3 is 2.79 bits per heavy atom. The first kappa shape index (κ1) is 21.5. The second-order valence-corrected chi connectivity index (χ2v) is 8.17. The number of nitrogens with zero attached hydrogens (tertiary/aromatic N) is 3. The summed E-state index contributed by atoms with van der Waals surface area (Å²) in [6.45, 7) is 7.31. The van der Waals surface area contributed by atoms with Crippen LogP contribution in [0.1, 0.15) is 25.8 Å². The molecule has 0 saturated carbocycles. The summed E-state index contributed by atoms with van der Waals surface area (Å²) in [5.74, 6) is 2.30. The molecule has 1 fully saturated rings. The van der Waals surface area contributed by atoms with E-state index in [1.807, 2.05) is 56.4 Å². The molecule has 0 aliphatic carbocycles. The fourth-order valence-electron chi connectivity index (χ4n) is 4.40. The minimum absolute atomic E-state index is 0.245. The Balaban J connectivity index is 1.48. The van der Waals surface area contributed by atoms with Crippen LogP contribution in [0.15, 0.2) is 47.1 Å². The molecule has 0 bridgehead atoms. The summed E-state index contributed by atoms with van der Waals surface area (Å²) < 4.78 is 17.0. The van der Waals surface area contributed by atoms with Crippen LogP contribution in [0.3, 0.4) is 0 Å². The molecule has 0 spiro atoms. The Labute approximate surface area is 192 Å². The van der Waals surface area contributed by atoms with E-state index in [1.165, 1.54) is 0 Å². The van der Waals surface area contributed by atoms with Gasteiger partial charge in [0.1, 0.15) is 0 Å². The van der Waals surface area contributed by atoms with Gasteiger partial charge >= 0.3 is 0 Å². The van der Waals surface area contributed by atoms with Crippen LogP contribution in [0, 0.1) is 0 Å². The van der Waals surface area contributed by atoms with Crippen molar-refractivity contribution in [2.45, 2.75) is 32.9 Å². The molecule has 5 rings (SSSR count). The van der Waals surface area contributed by atoms with E-state index in [4.69, 9.17) is 19.0 Å². The van der Waals surface area contributed by atoms with Gasteiger partial charge < -0.3 is 24.1 Å². The number of H-pyrrole nitrogens is 1. The fraction of sp³-hybridized carbons (Fsp3) is 0.360. The number of hydrogen-bond donors (Lipinski definition) is 2. The maximum Gasteiger partial charge on any atom is 0.258 e. The molecule has 8 nitrogen and oxygen atoms in total. The molecule has 0 radical (unpaired) electrons. The fourth-order valence-corrected chi connectivity index (χ4v) is 4.40. The molecule has 8 heteroatoms. The Kier molecular flexibility index (Phi) is 6.02. The SMILES string of the molecule is CCOc1ccc(-c2nc(-c3cccc4[nH]cc(CN5CC[C@H](O)C5)c34)no2)cc1OCC. The zero-order valence-electron chi connectivity index (χ0n) is 18.9. The minimum atomic E-state index is -0.245. The average Bonchev–Trinajstić information content (AvgIpc) is 3.56. The summed E-state index contributed by atoms with van der Waals surface area (Å²) in [4.78, 5) is 10.3. The largest absolute Gasteiger partial charge is 0.490 e. The van der Waals surface area contributed by atoms with Gasteiger partial charge in [0.2, 0.25) is 5.82 Å². The summed E-state index contributed by atoms with van der Waals surface area (Å²) in [5.41, 5.74) is 3.86. The normalized spacial score (nSPS) is 16.5. The minimum Gasteiger partial charge on any atom is -0.490 e. The van der Waals surface area contributed by atoms with Crippen molar-refractivity contribution in [2.24, 2.45) is 0 Å². The van der Waals surface area contributed by atoms with Gasteiger partial charge in [-0.3, -0.25) is 4.90 Å². The molecule has 2 aromatic heterocycles. The standard InChI is InChI=1S/C25H28N4O4/c1-3-31-21-9-8-16(12-22(21)32-4-2)25-27-24(28-33-25)19-6-5-7-20-23(19)17(13-26-20)14-29-11-10-18(30)15-29/h5-9,12-13,18,26,30H,3-4,10-11,14-15H2,1-2H3/t18-/m0/s1. The second-order valence-electron chi connectivity index (χ2n) is 8.17. The van der Waals surface area contributed by atoms with E-state index in [0.29, 0.717) is 43.0 Å². The first-order valence-corrected chi connectivity index (χ1v) is 11.4. The van der Waals surface area contributed by atoms with Gasteiger partial charge in [-0.15, -0.1) is 0 Å². The van der Waals surface area contributed by atoms with E-state index in [1.54, 1.807) is 0 Å². The number of hydrogen-bond acceptors (Lipinski definition) is 7. The van der Waals surface area contributed by atoms with Crippen LogP contribution >= 0.6 is 0 Å². The number of nitrogens with one attached hydrogen (secondary N) is 1. The lowest BCUT2D eigenvalue weighted by Crippen LogP contribution is -2.21. The summed E-state index contributed by atoms with van der Waals surface area (Å²) in [5, 5.41) is 15.2. The number of β-amino-alcohol motifs (C(OH)–C–C–N with tert-alkyl or cyclic N) is 1. The number of aliphatic hydroxyl groups is 1. The van der Waals surface area contributed by atoms with E-state index in [0.717, 1.165) is 47.1 Å². The highest BCUT2D eigenvalue weighted by atomic mass is 16.5. The molecule has 2 aromatic carbocycles. The van der Waals surface area contributed by atoms with E-state index < -0.39 is 0 Å². The van der Waals surface area contributed by atoms with E-state index in [-0.39, 0.29) is 6.10 Å². The molecule has 4 aromatic rings. The third-order valence-corrected chi connectivity index (χ3v) is 5.89. The number of rotatable bonds is 8. The zero-order chi connectivity index (χ0) is 22.8. The lowest BCUT2D eigenvalue weighted by Gasteiger charge is -2.14. The van der Waals surface area contributed by atoms with Gasteiger partial charge in [0.05, 0.1) is 19.3 Å². The highest BCUT2D eigenvalue weighted by Gasteiger charge is 2.23. The van der Waals surface area contributed by atoms with Crippen LogP contribution < -0.4 is 9.47 Å². The van der Waals surface area contributed by atoms with Crippen molar-refractivity contribution in [1.29, 1.82) is 0 Å². The van der Waals surface area contributed by atoms with Gasteiger partial charge in [-0.1, -0.05) is 17.3 Å². The van der Waals surface area contributed by atoms with Crippen molar-refractivity contribution >= 4 is 10.9 Å². The summed E-state index contributed by atoms with van der Waals surface area (Å²) in [7, 11) is 0. The van der Waals surface area contributed by atoms with Crippen LogP contribution in [0.5, 0.6) is 11.5 Å². The Morgan fingerprint density at radius 1 is 1.15 bits per heavy atom. The quantitative estimate of drug-likeness (QED) is 0.416. The number of fused-ring (bicyclic) bond motifs is 1. The lowest BCUT2D eigenvalue weighted by molar-refractivity contribution is 0.175. The lowest BCUT2D eigenvalue weighted by atomic mass is 10.1. The highest BCUT2D eigenvalue weighted by molar-refractivity contribution is 5.96. The van der Waals surface area contributed by atoms with Crippen LogP contribution in [0.4, 0.5) is 0 Å². The molecule has 1 aliphatic rings. The monoisotopic (exact) mass is 448 g/mol. The van der Waals surface area contributed by atoms with Crippen LogP contribution in [-0.4, -0.2) is 57.5 Å². The number of likely N-dealkylation sites (tertiary alicyclic amines) is 1. The van der Waals surface area contributed by atoms with Crippen molar-refractivity contribution in [1.82, 2.24) is 20.0 Å². The smallest absolute Gasteiger partial charge is 0.258 e. The van der Waals surface area contributed by atoms with Crippen molar-refractivity contribution in [2.75, 3.05) is 26.3 Å². The van der Waals surface area contributed by atoms with Crippen molar-refractivity contribution < 1.29 is 19.1 Å². The van der Waals surface area contributed by atoms with Gasteiger partial charge in [0.25, 0.3) is 5.89 Å². The number of ether oxygens (including phenoxy) is 2. The van der Waals surface area contributed by atoms with Crippen LogP contribution in [0.2, 0.25) is 0 Å². The summed E-state index contributed by atoms with van der Waals surface area (Å²) in [6.07, 6.45) is 2.60. The van der Waals surface area contributed by atoms with E-state index in [2.05, 4.69) is 15.0 Å². The van der Waals surface area contributed by atoms with Crippen molar-refractivity contribution in [3.05, 3.63) is 48.2 Å². The maximum absolute atomic E-state index is 9.89. The predicted molar refractivity (Wildman–Crippen MR) is 125 cm³/mol. The van der Waals surface area contributed by atoms with Gasteiger partial charge in [-0.05, 0) is 50.1 Å². The molecule has 0 amide bonds. The summed E-state index contributed by atoms with van der Waals surface area (Å²) in [6, 6.07) is 11.7. The molecule has 1 aliphatic heterocycles. The second kappa shape index (κ2) is 9.25. The molecular formula is C25H28N4O4. The maximum atomic E-state index is 9.89. The van der Waals surface area contributed by atoms with E-state index in [9.17, 15) is 5.11 Å². The Morgan fingerprint density at radius 2 is 2.00 bits per heavy atom. The molecule has 33 heavy (non-hydrogen) atoms. The predicted octanol–water partition coefficient (Wildman–Crippen LogP) is 4.25. The molecule has 1 atom stereocenters. The first-order chi connectivity index (χ1) is 16.2. The Bertz CT molecular complexity index is 1250. The van der Waals surface area contributed by atoms with Crippen molar-refractivity contribution in [3.8, 4) is 34.3 Å². The molecule has 3 heterocycles. The van der Waals surface area contributed by atoms with Gasteiger partial charge in [0.15, 0.2) is 11.5 Å². The topological polar surface area (TPSA) is 96.6 Å². The first-order valence-electron chi connectivity index (χ1n) is 11.4. The average molecular weight is 449 g/mol. The number of aliphatic hydroxyl groups excluding tert-OH is 1. The van der Waals surface area contributed by atoms with Crippen molar-refractivity contribution in [3.63, 3.8) is 0 Å². The van der Waals surface area contributed by atoms with E-state index >= 15 is 0 Å². The molecule has 2 N–H and O–H groups in total.